The number of ether oxygens (including phenoxy) is 1. The molecule has 0 saturated carbocycles. The second kappa shape index (κ2) is 5.75. The minimum absolute atomic E-state index is 0.122. The summed E-state index contributed by atoms with van der Waals surface area (Å²) in [5.41, 5.74) is 0. The molecule has 0 aromatic rings. The molecule has 1 fully saturated rings. The number of rotatable bonds is 5. The standard InChI is InChI=1S/C6H13NO9S2/c8-6-1-4(2-16-18(12,13)14)15-3-5(6)7-17(9,10)11/h4-8H,1-3H2,(H,9,10,11)(H,12,13,14)/t4?,5?,6-/m1/s1. The van der Waals surface area contributed by atoms with Gasteiger partial charge in [0.25, 0.3) is 0 Å². The molecule has 0 aliphatic carbocycles. The molecule has 0 aromatic heterocycles. The van der Waals surface area contributed by atoms with Crippen LogP contribution >= 0.6 is 0 Å². The Morgan fingerprint density at radius 2 is 1.89 bits per heavy atom. The smallest absolute Gasteiger partial charge is 0.391 e. The lowest BCUT2D eigenvalue weighted by Gasteiger charge is -2.32. The number of nitrogens with one attached hydrogen (secondary N) is 1. The SMILES string of the molecule is O=S(=O)(O)NC1COC(COS(=O)(=O)O)C[C@H]1O. The Morgan fingerprint density at radius 3 is 2.33 bits per heavy atom. The Balaban J connectivity index is 2.46. The van der Waals surface area contributed by atoms with Crippen molar-refractivity contribution >= 4 is 20.7 Å². The van der Waals surface area contributed by atoms with Crippen LogP contribution < -0.4 is 4.72 Å². The topological polar surface area (TPSA) is 159 Å². The zero-order valence-corrected chi connectivity index (χ0v) is 10.6. The van der Waals surface area contributed by atoms with Crippen molar-refractivity contribution in [3.05, 3.63) is 0 Å². The molecule has 1 aliphatic heterocycles. The van der Waals surface area contributed by atoms with Crippen LogP contribution in [-0.2, 0) is 29.6 Å². The van der Waals surface area contributed by atoms with Gasteiger partial charge in [0.15, 0.2) is 0 Å². The molecule has 0 aromatic carbocycles. The Morgan fingerprint density at radius 1 is 1.28 bits per heavy atom. The van der Waals surface area contributed by atoms with Gasteiger partial charge in [-0.2, -0.15) is 21.6 Å². The fourth-order valence-electron chi connectivity index (χ4n) is 1.43. The summed E-state index contributed by atoms with van der Waals surface area (Å²) in [7, 11) is -9.06. The highest BCUT2D eigenvalue weighted by atomic mass is 32.3. The molecule has 0 spiro atoms. The third-order valence-corrected chi connectivity index (χ3v) is 3.22. The second-order valence-corrected chi connectivity index (χ2v) is 5.95. The fraction of sp³-hybridized carbons (Fsp3) is 1.00. The van der Waals surface area contributed by atoms with E-state index in [1.165, 1.54) is 0 Å². The van der Waals surface area contributed by atoms with Crippen LogP contribution in [0.4, 0.5) is 0 Å². The molecule has 10 nitrogen and oxygen atoms in total. The molecule has 0 amide bonds. The maximum absolute atomic E-state index is 10.5. The van der Waals surface area contributed by atoms with Crippen molar-refractivity contribution in [3.8, 4) is 0 Å². The van der Waals surface area contributed by atoms with Crippen molar-refractivity contribution in [2.45, 2.75) is 24.7 Å². The van der Waals surface area contributed by atoms with Crippen LogP contribution in [-0.4, -0.2) is 62.5 Å². The Labute approximate surface area is 104 Å². The largest absolute Gasteiger partial charge is 0.397 e. The van der Waals surface area contributed by atoms with Gasteiger partial charge in [0.1, 0.15) is 0 Å². The summed E-state index contributed by atoms with van der Waals surface area (Å²) in [6.45, 7) is -0.783. The molecular formula is C6H13NO9S2. The van der Waals surface area contributed by atoms with E-state index in [2.05, 4.69) is 4.18 Å². The van der Waals surface area contributed by atoms with Crippen LogP contribution in [0.15, 0.2) is 0 Å². The van der Waals surface area contributed by atoms with Crippen LogP contribution in [0.25, 0.3) is 0 Å². The van der Waals surface area contributed by atoms with Crippen molar-refractivity contribution in [2.75, 3.05) is 13.2 Å². The van der Waals surface area contributed by atoms with E-state index in [0.29, 0.717) is 0 Å². The zero-order chi connectivity index (χ0) is 14.0. The first kappa shape index (κ1) is 15.7. The average molecular weight is 307 g/mol. The summed E-state index contributed by atoms with van der Waals surface area (Å²) in [4.78, 5) is 0. The van der Waals surface area contributed by atoms with Gasteiger partial charge in [-0.25, -0.2) is 4.18 Å². The van der Waals surface area contributed by atoms with Crippen LogP contribution in [0.3, 0.4) is 0 Å². The van der Waals surface area contributed by atoms with E-state index in [1.54, 1.807) is 4.72 Å². The summed E-state index contributed by atoms with van der Waals surface area (Å²) < 4.78 is 69.3. The van der Waals surface area contributed by atoms with Gasteiger partial charge in [0, 0.05) is 6.42 Å². The first-order chi connectivity index (χ1) is 8.07. The molecule has 4 N–H and O–H groups in total. The normalized spacial score (nSPS) is 30.3. The molecule has 3 atom stereocenters. The van der Waals surface area contributed by atoms with Gasteiger partial charge in [-0.1, -0.05) is 0 Å². The maximum Gasteiger partial charge on any atom is 0.397 e. The quantitative estimate of drug-likeness (QED) is 0.410. The first-order valence-electron chi connectivity index (χ1n) is 4.73. The van der Waals surface area contributed by atoms with Crippen molar-refractivity contribution in [1.82, 2.24) is 4.72 Å². The van der Waals surface area contributed by atoms with Gasteiger partial charge >= 0.3 is 20.7 Å². The predicted molar refractivity (Wildman–Crippen MR) is 56.3 cm³/mol. The van der Waals surface area contributed by atoms with Gasteiger partial charge in [-0.3, -0.25) is 9.11 Å². The molecule has 12 heteroatoms. The number of hydrogen-bond donors (Lipinski definition) is 4. The summed E-state index contributed by atoms with van der Waals surface area (Å²) in [5, 5.41) is 9.55. The maximum atomic E-state index is 10.5. The molecule has 18 heavy (non-hydrogen) atoms. The lowest BCUT2D eigenvalue weighted by atomic mass is 10.0. The van der Waals surface area contributed by atoms with E-state index >= 15 is 0 Å². The van der Waals surface area contributed by atoms with Crippen LogP contribution in [0.5, 0.6) is 0 Å². The van der Waals surface area contributed by atoms with Crippen molar-refractivity contribution in [2.24, 2.45) is 0 Å². The second-order valence-electron chi connectivity index (χ2n) is 3.67. The molecule has 1 saturated heterocycles. The fourth-order valence-corrected chi connectivity index (χ4v) is 2.37. The minimum Gasteiger partial charge on any atom is -0.391 e. The van der Waals surface area contributed by atoms with Gasteiger partial charge in [0.2, 0.25) is 0 Å². The highest BCUT2D eigenvalue weighted by Gasteiger charge is 2.32. The molecule has 0 radical (unpaired) electrons. The summed E-state index contributed by atoms with van der Waals surface area (Å²) in [5.74, 6) is 0. The minimum atomic E-state index is -4.60. The van der Waals surface area contributed by atoms with E-state index in [0.717, 1.165) is 0 Å². The first-order valence-corrected chi connectivity index (χ1v) is 7.53. The lowest BCUT2D eigenvalue weighted by Crippen LogP contribution is -2.52. The Bertz CT molecular complexity index is 471. The number of hydrogen-bond acceptors (Lipinski definition) is 7. The summed E-state index contributed by atoms with van der Waals surface area (Å²) in [6.07, 6.45) is -2.13. The van der Waals surface area contributed by atoms with Crippen LogP contribution in [0.1, 0.15) is 6.42 Å². The molecule has 2 unspecified atom stereocenters. The summed E-state index contributed by atoms with van der Waals surface area (Å²) >= 11 is 0. The van der Waals surface area contributed by atoms with Gasteiger partial charge in [-0.05, 0) is 0 Å². The van der Waals surface area contributed by atoms with E-state index < -0.39 is 45.6 Å². The van der Waals surface area contributed by atoms with Crippen molar-refractivity contribution < 1.29 is 40.0 Å². The van der Waals surface area contributed by atoms with E-state index in [4.69, 9.17) is 13.8 Å². The average Bonchev–Trinajstić information content (AvgIpc) is 2.15. The molecular weight excluding hydrogens is 294 g/mol. The highest BCUT2D eigenvalue weighted by Crippen LogP contribution is 2.16. The molecule has 1 heterocycles. The number of aliphatic hydroxyl groups is 1. The Kier molecular flexibility index (Phi) is 5.02. The van der Waals surface area contributed by atoms with Crippen molar-refractivity contribution in [3.63, 3.8) is 0 Å². The third kappa shape index (κ3) is 6.01. The van der Waals surface area contributed by atoms with E-state index in [-0.39, 0.29) is 13.0 Å². The number of aliphatic hydroxyl groups excluding tert-OH is 1. The monoisotopic (exact) mass is 307 g/mol. The van der Waals surface area contributed by atoms with Gasteiger partial charge in [-0.15, -0.1) is 0 Å². The zero-order valence-electron chi connectivity index (χ0n) is 8.96. The van der Waals surface area contributed by atoms with E-state index in [1.807, 2.05) is 0 Å². The van der Waals surface area contributed by atoms with Crippen molar-refractivity contribution in [1.29, 1.82) is 0 Å². The lowest BCUT2D eigenvalue weighted by molar-refractivity contribution is -0.0758. The van der Waals surface area contributed by atoms with Gasteiger partial charge < -0.3 is 9.84 Å². The van der Waals surface area contributed by atoms with Crippen LogP contribution in [0, 0.1) is 0 Å². The molecule has 0 bridgehead atoms. The highest BCUT2D eigenvalue weighted by molar-refractivity contribution is 7.83. The predicted octanol–water partition coefficient (Wildman–Crippen LogP) is -2.28. The van der Waals surface area contributed by atoms with Crippen LogP contribution in [0.2, 0.25) is 0 Å². The molecule has 1 rings (SSSR count). The molecule has 1 aliphatic rings. The third-order valence-electron chi connectivity index (χ3n) is 2.18. The van der Waals surface area contributed by atoms with Gasteiger partial charge in [0.05, 0.1) is 31.5 Å². The van der Waals surface area contributed by atoms with E-state index in [9.17, 15) is 21.9 Å². The molecule has 108 valence electrons. The Hall–Kier alpha value is -0.340. The summed E-state index contributed by atoms with van der Waals surface area (Å²) in [6, 6.07) is -1.04.